The zero-order valence-corrected chi connectivity index (χ0v) is 12.2. The highest BCUT2D eigenvalue weighted by Gasteiger charge is 2.35. The maximum Gasteiger partial charge on any atom is 0.261 e. The average molecular weight is 316 g/mol. The Labute approximate surface area is 131 Å². The Morgan fingerprint density at radius 2 is 1.55 bits per heavy atom. The normalized spacial score (nSPS) is 14.5. The summed E-state index contributed by atoms with van der Waals surface area (Å²) in [5.74, 6) is -0.817. The molecule has 0 N–H and O–H groups in total. The number of amides is 2. The Kier molecular flexibility index (Phi) is 3.77. The fourth-order valence-electron chi connectivity index (χ4n) is 2.41. The molecule has 0 unspecified atom stereocenters. The number of carbonyl (C=O) groups is 2. The molecule has 2 amide bonds. The van der Waals surface area contributed by atoms with Crippen LogP contribution in [0.2, 0.25) is 5.02 Å². The van der Waals surface area contributed by atoms with E-state index in [4.69, 9.17) is 11.6 Å². The third-order valence-corrected chi connectivity index (χ3v) is 3.81. The molecule has 1 aliphatic heterocycles. The van der Waals surface area contributed by atoms with Gasteiger partial charge in [-0.25, -0.2) is 4.39 Å². The molecule has 0 aromatic heterocycles. The molecule has 1 heterocycles. The molecule has 2 aromatic carbocycles. The van der Waals surface area contributed by atoms with Gasteiger partial charge in [0.1, 0.15) is 0 Å². The van der Waals surface area contributed by atoms with Crippen molar-refractivity contribution in [1.29, 1.82) is 0 Å². The van der Waals surface area contributed by atoms with Gasteiger partial charge in [0.15, 0.2) is 0 Å². The predicted molar refractivity (Wildman–Crippen MR) is 82.3 cm³/mol. The zero-order chi connectivity index (χ0) is 15.7. The minimum Gasteiger partial charge on any atom is -0.270 e. The molecule has 3 nitrogen and oxygen atoms in total. The monoisotopic (exact) mass is 315 g/mol. The van der Waals surface area contributed by atoms with Crippen LogP contribution in [0.5, 0.6) is 0 Å². The molecule has 3 rings (SSSR count). The molecule has 0 saturated heterocycles. The molecular formula is C17H11ClFNO2. The van der Waals surface area contributed by atoms with E-state index in [1.54, 1.807) is 48.5 Å². The number of imide groups is 1. The Bertz CT molecular complexity index is 749. The molecule has 0 atom stereocenters. The van der Waals surface area contributed by atoms with Crippen LogP contribution in [0.25, 0.3) is 5.57 Å². The van der Waals surface area contributed by atoms with E-state index >= 15 is 0 Å². The number of hydrogen-bond acceptors (Lipinski definition) is 2. The molecule has 5 heteroatoms. The van der Waals surface area contributed by atoms with Gasteiger partial charge in [0, 0.05) is 10.6 Å². The van der Waals surface area contributed by atoms with Crippen LogP contribution in [0.15, 0.2) is 54.9 Å². The van der Waals surface area contributed by atoms with E-state index in [1.807, 2.05) is 0 Å². The van der Waals surface area contributed by atoms with Crippen molar-refractivity contribution in [3.05, 3.63) is 76.6 Å². The van der Waals surface area contributed by atoms with Crippen molar-refractivity contribution in [2.24, 2.45) is 0 Å². The number of fused-ring (bicyclic) bond motifs is 1. The number of rotatable bonds is 3. The van der Waals surface area contributed by atoms with Gasteiger partial charge in [0.05, 0.1) is 24.0 Å². The minimum atomic E-state index is -0.408. The first kappa shape index (κ1) is 14.5. The van der Waals surface area contributed by atoms with Crippen molar-refractivity contribution < 1.29 is 14.0 Å². The van der Waals surface area contributed by atoms with Gasteiger partial charge in [-0.15, -0.1) is 0 Å². The van der Waals surface area contributed by atoms with E-state index in [9.17, 15) is 14.0 Å². The lowest BCUT2D eigenvalue weighted by molar-refractivity contribution is 0.0674. The van der Waals surface area contributed by atoms with Crippen molar-refractivity contribution in [3.8, 4) is 0 Å². The van der Waals surface area contributed by atoms with Crippen molar-refractivity contribution in [2.45, 2.75) is 0 Å². The summed E-state index contributed by atoms with van der Waals surface area (Å²) in [6.07, 6.45) is 0.410. The van der Waals surface area contributed by atoms with Crippen LogP contribution in [-0.2, 0) is 0 Å². The van der Waals surface area contributed by atoms with Crippen molar-refractivity contribution >= 4 is 29.0 Å². The first-order valence-corrected chi connectivity index (χ1v) is 7.00. The van der Waals surface area contributed by atoms with Gasteiger partial charge in [-0.2, -0.15) is 0 Å². The fourth-order valence-corrected chi connectivity index (χ4v) is 2.53. The maximum absolute atomic E-state index is 13.2. The summed E-state index contributed by atoms with van der Waals surface area (Å²) in [7, 11) is 0. The summed E-state index contributed by atoms with van der Waals surface area (Å²) in [6.45, 7) is -0.121. The van der Waals surface area contributed by atoms with Crippen LogP contribution in [0, 0.1) is 0 Å². The van der Waals surface area contributed by atoms with Crippen LogP contribution in [0.1, 0.15) is 26.3 Å². The van der Waals surface area contributed by atoms with Crippen molar-refractivity contribution in [3.63, 3.8) is 0 Å². The molecule has 0 aliphatic carbocycles. The van der Waals surface area contributed by atoms with E-state index in [0.29, 0.717) is 28.0 Å². The van der Waals surface area contributed by atoms with Crippen LogP contribution in [0.3, 0.4) is 0 Å². The van der Waals surface area contributed by atoms with E-state index < -0.39 is 11.8 Å². The highest BCUT2D eigenvalue weighted by Crippen LogP contribution is 2.26. The summed E-state index contributed by atoms with van der Waals surface area (Å²) in [4.78, 5) is 25.6. The maximum atomic E-state index is 13.2. The summed E-state index contributed by atoms with van der Waals surface area (Å²) in [5, 5.41) is 0.530. The third kappa shape index (κ3) is 2.42. The Balaban J connectivity index is 1.89. The molecule has 22 heavy (non-hydrogen) atoms. The molecule has 2 aromatic rings. The van der Waals surface area contributed by atoms with Gasteiger partial charge in [0.2, 0.25) is 0 Å². The van der Waals surface area contributed by atoms with Gasteiger partial charge >= 0.3 is 0 Å². The second-order valence-corrected chi connectivity index (χ2v) is 5.32. The van der Waals surface area contributed by atoms with E-state index in [0.717, 1.165) is 4.90 Å². The standard InChI is InChI=1S/C17H11ClFNO2/c18-13-7-5-11(6-8-13)12(9-19)10-20-16(21)14-3-1-2-4-15(14)17(20)22/h1-9H,10H2. The molecule has 0 fully saturated rings. The molecule has 0 radical (unpaired) electrons. The van der Waals surface area contributed by atoms with Crippen molar-refractivity contribution in [1.82, 2.24) is 4.90 Å². The topological polar surface area (TPSA) is 37.4 Å². The highest BCUT2D eigenvalue weighted by atomic mass is 35.5. The highest BCUT2D eigenvalue weighted by molar-refractivity contribution is 6.30. The number of hydrogen-bond donors (Lipinski definition) is 0. The lowest BCUT2D eigenvalue weighted by Crippen LogP contribution is -2.31. The van der Waals surface area contributed by atoms with Gasteiger partial charge in [-0.05, 0) is 29.8 Å². The van der Waals surface area contributed by atoms with Crippen LogP contribution >= 0.6 is 11.6 Å². The quantitative estimate of drug-likeness (QED) is 0.804. The smallest absolute Gasteiger partial charge is 0.261 e. The third-order valence-electron chi connectivity index (χ3n) is 3.55. The zero-order valence-electron chi connectivity index (χ0n) is 11.4. The first-order chi connectivity index (χ1) is 10.6. The first-order valence-electron chi connectivity index (χ1n) is 6.62. The summed E-state index contributed by atoms with van der Waals surface area (Å²) in [5.41, 5.74) is 1.51. The molecular weight excluding hydrogens is 305 g/mol. The van der Waals surface area contributed by atoms with E-state index in [1.165, 1.54) is 0 Å². The van der Waals surface area contributed by atoms with Gasteiger partial charge in [-0.3, -0.25) is 14.5 Å². The van der Waals surface area contributed by atoms with Gasteiger partial charge in [0.25, 0.3) is 11.8 Å². The molecule has 0 bridgehead atoms. The van der Waals surface area contributed by atoms with Crippen LogP contribution < -0.4 is 0 Å². The van der Waals surface area contributed by atoms with E-state index in [-0.39, 0.29) is 12.1 Å². The molecule has 1 aliphatic rings. The molecule has 0 saturated carbocycles. The lowest BCUT2D eigenvalue weighted by atomic mass is 10.1. The summed E-state index contributed by atoms with van der Waals surface area (Å²) in [6, 6.07) is 13.1. The van der Waals surface area contributed by atoms with Gasteiger partial charge < -0.3 is 0 Å². The summed E-state index contributed by atoms with van der Waals surface area (Å²) < 4.78 is 13.2. The fraction of sp³-hybridized carbons (Fsp3) is 0.0588. The van der Waals surface area contributed by atoms with E-state index in [2.05, 4.69) is 0 Å². The Hall–Kier alpha value is -2.46. The Morgan fingerprint density at radius 3 is 2.05 bits per heavy atom. The SMILES string of the molecule is O=C1c2ccccc2C(=O)N1CC(=CF)c1ccc(Cl)cc1. The molecule has 0 spiro atoms. The minimum absolute atomic E-state index is 0.121. The largest absolute Gasteiger partial charge is 0.270 e. The molecule has 110 valence electrons. The Morgan fingerprint density at radius 1 is 1.00 bits per heavy atom. The lowest BCUT2D eigenvalue weighted by Gasteiger charge is -2.16. The van der Waals surface area contributed by atoms with Crippen LogP contribution in [0.4, 0.5) is 4.39 Å². The predicted octanol–water partition coefficient (Wildman–Crippen LogP) is 3.95. The number of carbonyl (C=O) groups excluding carboxylic acids is 2. The second kappa shape index (κ2) is 5.73. The second-order valence-electron chi connectivity index (χ2n) is 4.88. The number of nitrogens with zero attached hydrogens (tertiary/aromatic N) is 1. The number of benzene rings is 2. The summed E-state index contributed by atoms with van der Waals surface area (Å²) >= 11 is 5.81. The average Bonchev–Trinajstić information content (AvgIpc) is 2.78. The van der Waals surface area contributed by atoms with Crippen molar-refractivity contribution in [2.75, 3.05) is 6.54 Å². The number of halogens is 2. The van der Waals surface area contributed by atoms with Gasteiger partial charge in [-0.1, -0.05) is 35.9 Å². The van der Waals surface area contributed by atoms with Crippen LogP contribution in [-0.4, -0.2) is 23.3 Å².